The largest absolute Gasteiger partial charge is 0.469 e. The van der Waals surface area contributed by atoms with Crippen LogP contribution in [0.2, 0.25) is 0 Å². The predicted molar refractivity (Wildman–Crippen MR) is 64.0 cm³/mol. The summed E-state index contributed by atoms with van der Waals surface area (Å²) in [7, 11) is 3.02. The van der Waals surface area contributed by atoms with Crippen LogP contribution >= 0.6 is 0 Å². The normalized spacial score (nSPS) is 16.0. The van der Waals surface area contributed by atoms with E-state index in [1.807, 2.05) is 13.8 Å². The fraction of sp³-hybridized carbons (Fsp3) is 0.917. The van der Waals surface area contributed by atoms with E-state index >= 15 is 0 Å². The molecule has 0 saturated carbocycles. The average molecular weight is 231 g/mol. The first-order chi connectivity index (χ1) is 7.21. The van der Waals surface area contributed by atoms with E-state index in [1.165, 1.54) is 7.11 Å². The standard InChI is InChI=1S/C12H25NO3/c1-9(2)12(8-15-5,11(3,4)13)7-10(14)16-6/h9H,7-8,13H2,1-6H3. The molecule has 0 aliphatic carbocycles. The third-order valence-corrected chi connectivity index (χ3v) is 3.48. The molecule has 4 heteroatoms. The van der Waals surface area contributed by atoms with Crippen LogP contribution in [0, 0.1) is 11.3 Å². The van der Waals surface area contributed by atoms with E-state index in [4.69, 9.17) is 15.2 Å². The fourth-order valence-corrected chi connectivity index (χ4v) is 2.17. The molecule has 0 aromatic heterocycles. The second-order valence-electron chi connectivity index (χ2n) is 5.22. The molecule has 1 atom stereocenters. The summed E-state index contributed by atoms with van der Waals surface area (Å²) in [4.78, 5) is 11.5. The molecule has 0 saturated heterocycles. The van der Waals surface area contributed by atoms with Crippen LogP contribution in [0.1, 0.15) is 34.1 Å². The Labute approximate surface area is 98.5 Å². The van der Waals surface area contributed by atoms with Gasteiger partial charge in [0, 0.05) is 18.1 Å². The lowest BCUT2D eigenvalue weighted by Crippen LogP contribution is -2.57. The molecular weight excluding hydrogens is 206 g/mol. The monoisotopic (exact) mass is 231 g/mol. The molecule has 0 aromatic carbocycles. The molecular formula is C12H25NO3. The molecule has 0 radical (unpaired) electrons. The maximum Gasteiger partial charge on any atom is 0.306 e. The van der Waals surface area contributed by atoms with Crippen LogP contribution in [0.25, 0.3) is 0 Å². The zero-order valence-electron chi connectivity index (χ0n) is 11.3. The summed E-state index contributed by atoms with van der Waals surface area (Å²) >= 11 is 0. The molecule has 0 rings (SSSR count). The van der Waals surface area contributed by atoms with Gasteiger partial charge in [0.2, 0.25) is 0 Å². The summed E-state index contributed by atoms with van der Waals surface area (Å²) in [6.07, 6.45) is 0.276. The first-order valence-electron chi connectivity index (χ1n) is 5.56. The Balaban J connectivity index is 5.18. The van der Waals surface area contributed by atoms with Gasteiger partial charge in [-0.2, -0.15) is 0 Å². The molecule has 1 unspecified atom stereocenters. The Morgan fingerprint density at radius 1 is 1.31 bits per heavy atom. The first kappa shape index (κ1) is 15.4. The van der Waals surface area contributed by atoms with Crippen molar-refractivity contribution in [2.24, 2.45) is 17.1 Å². The van der Waals surface area contributed by atoms with Crippen molar-refractivity contribution < 1.29 is 14.3 Å². The SMILES string of the molecule is COCC(CC(=O)OC)(C(C)C)C(C)(C)N. The minimum absolute atomic E-state index is 0.228. The van der Waals surface area contributed by atoms with Crippen LogP contribution in [0.4, 0.5) is 0 Å². The zero-order valence-corrected chi connectivity index (χ0v) is 11.3. The van der Waals surface area contributed by atoms with E-state index < -0.39 is 11.0 Å². The van der Waals surface area contributed by atoms with E-state index in [-0.39, 0.29) is 18.3 Å². The second kappa shape index (κ2) is 5.64. The van der Waals surface area contributed by atoms with Gasteiger partial charge in [0.15, 0.2) is 0 Å². The quantitative estimate of drug-likeness (QED) is 0.705. The van der Waals surface area contributed by atoms with E-state index in [2.05, 4.69) is 13.8 Å². The molecule has 0 heterocycles. The van der Waals surface area contributed by atoms with Crippen LogP contribution in [-0.4, -0.2) is 32.3 Å². The van der Waals surface area contributed by atoms with Crippen molar-refractivity contribution in [1.29, 1.82) is 0 Å². The minimum atomic E-state index is -0.509. The molecule has 0 spiro atoms. The summed E-state index contributed by atoms with van der Waals surface area (Å²) in [5.74, 6) is -0.0178. The minimum Gasteiger partial charge on any atom is -0.469 e. The van der Waals surface area contributed by atoms with Crippen LogP contribution in [0.5, 0.6) is 0 Å². The molecule has 0 aliphatic rings. The number of carbonyl (C=O) groups is 1. The molecule has 96 valence electrons. The molecule has 16 heavy (non-hydrogen) atoms. The maximum atomic E-state index is 11.5. The van der Waals surface area contributed by atoms with Gasteiger partial charge in [0.25, 0.3) is 0 Å². The van der Waals surface area contributed by atoms with Gasteiger partial charge in [0.1, 0.15) is 0 Å². The summed E-state index contributed by atoms with van der Waals surface area (Å²) < 4.78 is 10.0. The van der Waals surface area contributed by atoms with E-state index in [0.29, 0.717) is 6.61 Å². The lowest BCUT2D eigenvalue weighted by molar-refractivity contribution is -0.148. The van der Waals surface area contributed by atoms with Crippen molar-refractivity contribution in [3.8, 4) is 0 Å². The summed E-state index contributed by atoms with van der Waals surface area (Å²) in [5, 5.41) is 0. The van der Waals surface area contributed by atoms with Crippen LogP contribution in [-0.2, 0) is 14.3 Å². The number of hydrogen-bond donors (Lipinski definition) is 1. The summed E-state index contributed by atoms with van der Waals surface area (Å²) in [6, 6.07) is 0. The molecule has 0 fully saturated rings. The predicted octanol–water partition coefficient (Wildman–Crippen LogP) is 1.58. The van der Waals surface area contributed by atoms with E-state index in [0.717, 1.165) is 0 Å². The van der Waals surface area contributed by atoms with Gasteiger partial charge in [-0.15, -0.1) is 0 Å². The maximum absolute atomic E-state index is 11.5. The highest BCUT2D eigenvalue weighted by Crippen LogP contribution is 2.41. The average Bonchev–Trinajstić information content (AvgIpc) is 2.14. The van der Waals surface area contributed by atoms with Crippen molar-refractivity contribution >= 4 is 5.97 Å². The third-order valence-electron chi connectivity index (χ3n) is 3.48. The first-order valence-corrected chi connectivity index (χ1v) is 5.56. The van der Waals surface area contributed by atoms with Crippen molar-refractivity contribution in [3.63, 3.8) is 0 Å². The highest BCUT2D eigenvalue weighted by molar-refractivity contribution is 5.70. The van der Waals surface area contributed by atoms with Gasteiger partial charge < -0.3 is 15.2 Å². The Hall–Kier alpha value is -0.610. The van der Waals surface area contributed by atoms with Gasteiger partial charge in [-0.1, -0.05) is 13.8 Å². The van der Waals surface area contributed by atoms with Crippen LogP contribution < -0.4 is 5.73 Å². The highest BCUT2D eigenvalue weighted by atomic mass is 16.5. The fourth-order valence-electron chi connectivity index (χ4n) is 2.17. The third kappa shape index (κ3) is 3.19. The van der Waals surface area contributed by atoms with Gasteiger partial charge >= 0.3 is 5.97 Å². The Bertz CT molecular complexity index is 233. The number of hydrogen-bond acceptors (Lipinski definition) is 4. The van der Waals surface area contributed by atoms with Crippen molar-refractivity contribution in [2.45, 2.75) is 39.7 Å². The topological polar surface area (TPSA) is 61.5 Å². The van der Waals surface area contributed by atoms with Crippen molar-refractivity contribution in [3.05, 3.63) is 0 Å². The summed E-state index contributed by atoms with van der Waals surface area (Å²) in [5.41, 5.74) is 5.30. The van der Waals surface area contributed by atoms with Crippen molar-refractivity contribution in [2.75, 3.05) is 20.8 Å². The molecule has 0 amide bonds. The lowest BCUT2D eigenvalue weighted by Gasteiger charge is -2.46. The second-order valence-corrected chi connectivity index (χ2v) is 5.22. The number of methoxy groups -OCH3 is 2. The number of carbonyl (C=O) groups excluding carboxylic acids is 1. The van der Waals surface area contributed by atoms with Crippen molar-refractivity contribution in [1.82, 2.24) is 0 Å². The molecule has 0 aromatic rings. The Morgan fingerprint density at radius 2 is 1.81 bits per heavy atom. The summed E-state index contributed by atoms with van der Waals surface area (Å²) in [6.45, 7) is 8.40. The van der Waals surface area contributed by atoms with Gasteiger partial charge in [-0.3, -0.25) is 4.79 Å². The Morgan fingerprint density at radius 3 is 2.06 bits per heavy atom. The lowest BCUT2D eigenvalue weighted by atomic mass is 9.63. The number of rotatable bonds is 6. The number of ether oxygens (including phenoxy) is 2. The molecule has 2 N–H and O–H groups in total. The molecule has 0 aliphatic heterocycles. The molecule has 4 nitrogen and oxygen atoms in total. The van der Waals surface area contributed by atoms with Gasteiger partial charge in [-0.25, -0.2) is 0 Å². The number of esters is 1. The van der Waals surface area contributed by atoms with Gasteiger partial charge in [-0.05, 0) is 19.8 Å². The zero-order chi connectivity index (χ0) is 13.0. The number of nitrogens with two attached hydrogens (primary N) is 1. The smallest absolute Gasteiger partial charge is 0.306 e. The van der Waals surface area contributed by atoms with Crippen LogP contribution in [0.3, 0.4) is 0 Å². The van der Waals surface area contributed by atoms with E-state index in [1.54, 1.807) is 7.11 Å². The highest BCUT2D eigenvalue weighted by Gasteiger charge is 2.47. The Kier molecular flexibility index (Phi) is 5.42. The molecule has 0 bridgehead atoms. The van der Waals surface area contributed by atoms with Gasteiger partial charge in [0.05, 0.1) is 20.1 Å². The van der Waals surface area contributed by atoms with E-state index in [9.17, 15) is 4.79 Å². The van der Waals surface area contributed by atoms with Crippen LogP contribution in [0.15, 0.2) is 0 Å².